The van der Waals surface area contributed by atoms with Crippen LogP contribution in [0.25, 0.3) is 6.08 Å². The van der Waals surface area contributed by atoms with E-state index < -0.39 is 0 Å². The Hall–Kier alpha value is -1.40. The van der Waals surface area contributed by atoms with Crippen LogP contribution < -0.4 is 0 Å². The van der Waals surface area contributed by atoms with E-state index in [1.165, 1.54) is 0 Å². The molecule has 0 aliphatic carbocycles. The molecule has 1 aromatic rings. The maximum atomic E-state index is 12.7. The first-order valence-electron chi connectivity index (χ1n) is 7.74. The maximum Gasteiger partial charge on any atom is 0.247 e. The van der Waals surface area contributed by atoms with Gasteiger partial charge in [-0.1, -0.05) is 30.3 Å². The van der Waals surface area contributed by atoms with Crippen LogP contribution in [-0.4, -0.2) is 63.9 Å². The maximum absolute atomic E-state index is 12.7. The molecule has 0 bridgehead atoms. The van der Waals surface area contributed by atoms with E-state index in [2.05, 4.69) is 0 Å². The van der Waals surface area contributed by atoms with Gasteiger partial charge in [0.25, 0.3) is 0 Å². The fraction of sp³-hybridized carbons (Fsp3) is 0.412. The first-order valence-corrected chi connectivity index (χ1v) is 10.0. The summed E-state index contributed by atoms with van der Waals surface area (Å²) in [4.78, 5) is 28.8. The lowest BCUT2D eigenvalue weighted by Crippen LogP contribution is -2.50. The molecule has 122 valence electrons. The predicted octanol–water partition coefficient (Wildman–Crippen LogP) is 2.18. The summed E-state index contributed by atoms with van der Waals surface area (Å²) in [5.74, 6) is 3.31. The molecule has 2 amide bonds. The van der Waals surface area contributed by atoms with Crippen molar-refractivity contribution in [3.05, 3.63) is 42.0 Å². The summed E-state index contributed by atoms with van der Waals surface area (Å²) in [6.07, 6.45) is 3.39. The van der Waals surface area contributed by atoms with Crippen molar-refractivity contribution in [2.75, 3.05) is 36.2 Å². The molecule has 2 aliphatic rings. The van der Waals surface area contributed by atoms with Crippen LogP contribution in [0.2, 0.25) is 0 Å². The average molecular weight is 348 g/mol. The van der Waals surface area contributed by atoms with Crippen molar-refractivity contribution in [2.45, 2.75) is 6.04 Å². The van der Waals surface area contributed by atoms with E-state index >= 15 is 0 Å². The zero-order chi connectivity index (χ0) is 16.1. The second-order valence-electron chi connectivity index (χ2n) is 5.51. The fourth-order valence-electron chi connectivity index (χ4n) is 2.69. The van der Waals surface area contributed by atoms with E-state index in [9.17, 15) is 9.59 Å². The molecular formula is C17H20N2O2S2. The van der Waals surface area contributed by atoms with E-state index in [4.69, 9.17) is 0 Å². The van der Waals surface area contributed by atoms with Crippen molar-refractivity contribution in [1.29, 1.82) is 0 Å². The van der Waals surface area contributed by atoms with Crippen LogP contribution in [0.4, 0.5) is 0 Å². The number of hydrogen-bond donors (Lipinski definition) is 0. The molecule has 0 unspecified atom stereocenters. The molecule has 1 atom stereocenters. The highest BCUT2D eigenvalue weighted by Gasteiger charge is 2.36. The Morgan fingerprint density at radius 1 is 1.09 bits per heavy atom. The third-order valence-corrected chi connectivity index (χ3v) is 5.95. The lowest BCUT2D eigenvalue weighted by molar-refractivity contribution is -0.140. The second kappa shape index (κ2) is 7.93. The number of carbonyl (C=O) groups is 2. The minimum Gasteiger partial charge on any atom is -0.339 e. The molecule has 2 aliphatic heterocycles. The second-order valence-corrected chi connectivity index (χ2v) is 7.73. The standard InChI is InChI=1S/C17H20N2O2S2/c20-16(7-6-14-4-2-1-3-5-14)19-13-23-12-15(19)17(21)18-8-10-22-11-9-18/h1-7,15H,8-13H2/t15-/m0/s1. The van der Waals surface area contributed by atoms with E-state index in [0.717, 1.165) is 30.2 Å². The largest absolute Gasteiger partial charge is 0.339 e. The number of nitrogens with zero attached hydrogens (tertiary/aromatic N) is 2. The smallest absolute Gasteiger partial charge is 0.247 e. The Balaban J connectivity index is 1.64. The minimum absolute atomic E-state index is 0.0800. The lowest BCUT2D eigenvalue weighted by atomic mass is 10.2. The highest BCUT2D eigenvalue weighted by molar-refractivity contribution is 7.99. The van der Waals surface area contributed by atoms with E-state index in [0.29, 0.717) is 11.6 Å². The van der Waals surface area contributed by atoms with E-state index in [1.54, 1.807) is 22.7 Å². The van der Waals surface area contributed by atoms with Crippen molar-refractivity contribution in [3.63, 3.8) is 0 Å². The molecule has 0 aromatic heterocycles. The highest BCUT2D eigenvalue weighted by Crippen LogP contribution is 2.24. The van der Waals surface area contributed by atoms with Crippen LogP contribution in [0.1, 0.15) is 5.56 Å². The monoisotopic (exact) mass is 348 g/mol. The average Bonchev–Trinajstić information content (AvgIpc) is 3.10. The van der Waals surface area contributed by atoms with Crippen LogP contribution in [0.15, 0.2) is 36.4 Å². The van der Waals surface area contributed by atoms with Gasteiger partial charge in [-0.15, -0.1) is 11.8 Å². The van der Waals surface area contributed by atoms with Gasteiger partial charge in [-0.3, -0.25) is 9.59 Å². The van der Waals surface area contributed by atoms with Crippen LogP contribution in [0, 0.1) is 0 Å². The van der Waals surface area contributed by atoms with Gasteiger partial charge >= 0.3 is 0 Å². The van der Waals surface area contributed by atoms with Crippen LogP contribution >= 0.6 is 23.5 Å². The molecule has 0 radical (unpaired) electrons. The highest BCUT2D eigenvalue weighted by atomic mass is 32.2. The Kier molecular flexibility index (Phi) is 5.67. The van der Waals surface area contributed by atoms with Gasteiger partial charge in [-0.05, 0) is 11.6 Å². The molecule has 0 N–H and O–H groups in total. The summed E-state index contributed by atoms with van der Waals surface area (Å²) in [6.45, 7) is 1.60. The molecule has 2 heterocycles. The van der Waals surface area contributed by atoms with Gasteiger partial charge in [0.15, 0.2) is 0 Å². The number of thioether (sulfide) groups is 2. The van der Waals surface area contributed by atoms with Gasteiger partial charge in [-0.25, -0.2) is 0 Å². The molecular weight excluding hydrogens is 328 g/mol. The molecule has 2 fully saturated rings. The number of rotatable bonds is 3. The molecule has 4 nitrogen and oxygen atoms in total. The van der Waals surface area contributed by atoms with E-state index in [1.807, 2.05) is 53.1 Å². The van der Waals surface area contributed by atoms with Crippen LogP contribution in [0.5, 0.6) is 0 Å². The first kappa shape index (κ1) is 16.5. The number of hydrogen-bond acceptors (Lipinski definition) is 4. The Morgan fingerprint density at radius 2 is 1.83 bits per heavy atom. The third kappa shape index (κ3) is 4.12. The van der Waals surface area contributed by atoms with Crippen LogP contribution in [0.3, 0.4) is 0 Å². The zero-order valence-corrected chi connectivity index (χ0v) is 14.5. The summed E-state index contributed by atoms with van der Waals surface area (Å²) in [5.41, 5.74) is 0.989. The minimum atomic E-state index is -0.309. The molecule has 3 rings (SSSR count). The van der Waals surface area contributed by atoms with Gasteiger partial charge in [-0.2, -0.15) is 11.8 Å². The first-order chi connectivity index (χ1) is 11.3. The zero-order valence-electron chi connectivity index (χ0n) is 12.9. The van der Waals surface area contributed by atoms with Crippen molar-refractivity contribution in [3.8, 4) is 0 Å². The SMILES string of the molecule is O=C([C@@H]1CSCN1C(=O)C=Cc1ccccc1)N1CCSCC1. The quantitative estimate of drug-likeness (QED) is 0.785. The lowest BCUT2D eigenvalue weighted by Gasteiger charge is -2.31. The van der Waals surface area contributed by atoms with Gasteiger partial charge in [0.2, 0.25) is 11.8 Å². The van der Waals surface area contributed by atoms with Crippen LogP contribution in [-0.2, 0) is 9.59 Å². The molecule has 23 heavy (non-hydrogen) atoms. The van der Waals surface area contributed by atoms with Crippen molar-refractivity contribution >= 4 is 41.4 Å². The number of carbonyl (C=O) groups excluding carboxylic acids is 2. The van der Waals surface area contributed by atoms with E-state index in [-0.39, 0.29) is 17.9 Å². The summed E-state index contributed by atoms with van der Waals surface area (Å²) in [6, 6.07) is 9.43. The molecule has 0 spiro atoms. The normalized spacial score (nSPS) is 21.8. The topological polar surface area (TPSA) is 40.6 Å². The van der Waals surface area contributed by atoms with Gasteiger partial charge in [0.1, 0.15) is 6.04 Å². The van der Waals surface area contributed by atoms with Crippen molar-refractivity contribution in [2.24, 2.45) is 0 Å². The van der Waals surface area contributed by atoms with Gasteiger partial charge in [0.05, 0.1) is 5.88 Å². The number of benzene rings is 1. The molecule has 1 aromatic carbocycles. The van der Waals surface area contributed by atoms with Crippen molar-refractivity contribution in [1.82, 2.24) is 9.80 Å². The molecule has 2 saturated heterocycles. The summed E-state index contributed by atoms with van der Waals surface area (Å²) < 4.78 is 0. The summed E-state index contributed by atoms with van der Waals surface area (Å²) in [5, 5.41) is 0. The van der Waals surface area contributed by atoms with Gasteiger partial charge < -0.3 is 9.80 Å². The predicted molar refractivity (Wildman–Crippen MR) is 97.3 cm³/mol. The summed E-state index contributed by atoms with van der Waals surface area (Å²) in [7, 11) is 0. The Morgan fingerprint density at radius 3 is 2.57 bits per heavy atom. The van der Waals surface area contributed by atoms with Crippen molar-refractivity contribution < 1.29 is 9.59 Å². The Bertz CT molecular complexity index is 586. The molecule has 0 saturated carbocycles. The van der Waals surface area contributed by atoms with Gasteiger partial charge in [0, 0.05) is 36.4 Å². The summed E-state index contributed by atoms with van der Waals surface area (Å²) >= 11 is 3.53. The number of amides is 2. The fourth-order valence-corrected chi connectivity index (χ4v) is 4.74. The third-order valence-electron chi connectivity index (χ3n) is 3.99. The molecule has 6 heteroatoms. The Labute approximate surface area is 145 Å².